The Labute approximate surface area is 60.3 Å². The van der Waals surface area contributed by atoms with Crippen molar-refractivity contribution in [3.63, 3.8) is 0 Å². The first-order valence-corrected chi connectivity index (χ1v) is 3.19. The van der Waals surface area contributed by atoms with Crippen LogP contribution in [0, 0.1) is 23.2 Å². The van der Waals surface area contributed by atoms with Crippen molar-refractivity contribution < 1.29 is 9.90 Å². The molecule has 0 aromatic heterocycles. The second-order valence-electron chi connectivity index (χ2n) is 2.58. The summed E-state index contributed by atoms with van der Waals surface area (Å²) < 4.78 is 0. The van der Waals surface area contributed by atoms with Gasteiger partial charge in [0, 0.05) is 0 Å². The summed E-state index contributed by atoms with van der Waals surface area (Å²) in [7, 11) is 0. The van der Waals surface area contributed by atoms with Crippen LogP contribution in [-0.4, -0.2) is 11.1 Å². The molecule has 0 unspecified atom stereocenters. The lowest BCUT2D eigenvalue weighted by Gasteiger charge is -2.08. The Bertz CT molecular complexity index is 157. The maximum Gasteiger partial charge on any atom is 0.304 e. The van der Waals surface area contributed by atoms with E-state index in [-0.39, 0.29) is 18.3 Å². The van der Waals surface area contributed by atoms with Gasteiger partial charge in [-0.3, -0.25) is 4.79 Å². The molecule has 1 N–H and O–H groups in total. The highest BCUT2D eigenvalue weighted by atomic mass is 16.4. The Hall–Kier alpha value is -1.04. The van der Waals surface area contributed by atoms with Crippen LogP contribution in [0.5, 0.6) is 0 Å². The maximum atomic E-state index is 10.1. The van der Waals surface area contributed by atoms with Crippen molar-refractivity contribution in [3.8, 4) is 6.07 Å². The summed E-state index contributed by atoms with van der Waals surface area (Å²) in [6.45, 7) is 3.69. The molecule has 0 amide bonds. The van der Waals surface area contributed by atoms with E-state index in [1.807, 2.05) is 19.9 Å². The van der Waals surface area contributed by atoms with Gasteiger partial charge in [-0.1, -0.05) is 13.8 Å². The molecule has 0 aromatic rings. The van der Waals surface area contributed by atoms with Gasteiger partial charge >= 0.3 is 5.97 Å². The highest BCUT2D eigenvalue weighted by Crippen LogP contribution is 2.13. The minimum absolute atomic E-state index is 0.0475. The van der Waals surface area contributed by atoms with Crippen LogP contribution in [-0.2, 0) is 4.79 Å². The van der Waals surface area contributed by atoms with Crippen molar-refractivity contribution in [2.45, 2.75) is 20.3 Å². The number of aliphatic carboxylic acids is 1. The summed E-state index contributed by atoms with van der Waals surface area (Å²) in [5.74, 6) is -1.13. The SMILES string of the molecule is CC(C)[C@H](C#N)CC(=O)O. The summed E-state index contributed by atoms with van der Waals surface area (Å²) in [6.07, 6.45) is -0.0475. The van der Waals surface area contributed by atoms with Gasteiger partial charge in [-0.2, -0.15) is 5.26 Å². The zero-order chi connectivity index (χ0) is 8.15. The average Bonchev–Trinajstić information content (AvgIpc) is 1.81. The molecule has 0 fully saturated rings. The topological polar surface area (TPSA) is 61.1 Å². The Morgan fingerprint density at radius 3 is 2.30 bits per heavy atom. The highest BCUT2D eigenvalue weighted by molar-refractivity contribution is 5.67. The number of hydrogen-bond acceptors (Lipinski definition) is 2. The normalized spacial score (nSPS) is 12.6. The lowest BCUT2D eigenvalue weighted by atomic mass is 9.94. The summed E-state index contributed by atoms with van der Waals surface area (Å²) >= 11 is 0. The fraction of sp³-hybridized carbons (Fsp3) is 0.714. The molecule has 0 aromatic carbocycles. The largest absolute Gasteiger partial charge is 0.481 e. The van der Waals surface area contributed by atoms with Gasteiger partial charge in [-0.05, 0) is 5.92 Å². The monoisotopic (exact) mass is 141 g/mol. The van der Waals surface area contributed by atoms with Gasteiger partial charge in [0.05, 0.1) is 18.4 Å². The van der Waals surface area contributed by atoms with E-state index < -0.39 is 5.97 Å². The minimum Gasteiger partial charge on any atom is -0.481 e. The molecule has 0 saturated heterocycles. The van der Waals surface area contributed by atoms with Gasteiger partial charge < -0.3 is 5.11 Å². The summed E-state index contributed by atoms with van der Waals surface area (Å²) in [5.41, 5.74) is 0. The van der Waals surface area contributed by atoms with Crippen LogP contribution in [0.2, 0.25) is 0 Å². The van der Waals surface area contributed by atoms with Gasteiger partial charge in [0.2, 0.25) is 0 Å². The third-order valence-corrected chi connectivity index (χ3v) is 1.37. The molecule has 3 nitrogen and oxygen atoms in total. The molecule has 0 spiro atoms. The van der Waals surface area contributed by atoms with E-state index in [1.54, 1.807) is 0 Å². The molecule has 0 aliphatic heterocycles. The van der Waals surface area contributed by atoms with Crippen molar-refractivity contribution in [2.24, 2.45) is 11.8 Å². The number of nitrogens with zero attached hydrogens (tertiary/aromatic N) is 1. The van der Waals surface area contributed by atoms with E-state index in [4.69, 9.17) is 10.4 Å². The second kappa shape index (κ2) is 3.89. The van der Waals surface area contributed by atoms with Gasteiger partial charge in [-0.15, -0.1) is 0 Å². The zero-order valence-electron chi connectivity index (χ0n) is 6.16. The van der Waals surface area contributed by atoms with E-state index in [2.05, 4.69) is 0 Å². The molecule has 3 heteroatoms. The van der Waals surface area contributed by atoms with E-state index >= 15 is 0 Å². The fourth-order valence-electron chi connectivity index (χ4n) is 0.619. The number of carboxylic acid groups (broad SMARTS) is 1. The molecular formula is C7H11NO2. The highest BCUT2D eigenvalue weighted by Gasteiger charge is 2.15. The van der Waals surface area contributed by atoms with Crippen LogP contribution >= 0.6 is 0 Å². The van der Waals surface area contributed by atoms with Crippen LogP contribution in [0.25, 0.3) is 0 Å². The lowest BCUT2D eigenvalue weighted by Crippen LogP contribution is -2.11. The van der Waals surface area contributed by atoms with Crippen molar-refractivity contribution in [1.82, 2.24) is 0 Å². The average molecular weight is 141 g/mol. The van der Waals surface area contributed by atoms with Crippen molar-refractivity contribution >= 4 is 5.97 Å². The quantitative estimate of drug-likeness (QED) is 0.643. The predicted molar refractivity (Wildman–Crippen MR) is 36.2 cm³/mol. The number of nitriles is 1. The van der Waals surface area contributed by atoms with Crippen LogP contribution in [0.15, 0.2) is 0 Å². The Balaban J connectivity index is 3.87. The molecule has 0 bridgehead atoms. The van der Waals surface area contributed by atoms with E-state index in [0.29, 0.717) is 0 Å². The minimum atomic E-state index is -0.903. The van der Waals surface area contributed by atoms with Crippen molar-refractivity contribution in [1.29, 1.82) is 5.26 Å². The number of rotatable bonds is 3. The predicted octanol–water partition coefficient (Wildman–Crippen LogP) is 1.26. The Morgan fingerprint density at radius 2 is 2.20 bits per heavy atom. The smallest absolute Gasteiger partial charge is 0.304 e. The molecule has 0 aliphatic carbocycles. The number of carbonyl (C=O) groups is 1. The van der Waals surface area contributed by atoms with Crippen molar-refractivity contribution in [2.75, 3.05) is 0 Å². The summed E-state index contributed by atoms with van der Waals surface area (Å²) in [4.78, 5) is 10.1. The second-order valence-corrected chi connectivity index (χ2v) is 2.58. The van der Waals surface area contributed by atoms with Crippen LogP contribution in [0.3, 0.4) is 0 Å². The first-order chi connectivity index (χ1) is 4.57. The summed E-state index contributed by atoms with van der Waals surface area (Å²) in [5, 5.41) is 16.7. The summed E-state index contributed by atoms with van der Waals surface area (Å²) in [6, 6.07) is 1.95. The first kappa shape index (κ1) is 8.96. The molecule has 1 atom stereocenters. The molecule has 10 heavy (non-hydrogen) atoms. The van der Waals surface area contributed by atoms with E-state index in [9.17, 15) is 4.79 Å². The third-order valence-electron chi connectivity index (χ3n) is 1.37. The molecule has 0 rings (SSSR count). The molecule has 0 radical (unpaired) electrons. The Kier molecular flexibility index (Phi) is 3.48. The molecule has 0 saturated carbocycles. The maximum absolute atomic E-state index is 10.1. The fourth-order valence-corrected chi connectivity index (χ4v) is 0.619. The Morgan fingerprint density at radius 1 is 1.70 bits per heavy atom. The van der Waals surface area contributed by atoms with Crippen LogP contribution < -0.4 is 0 Å². The third kappa shape index (κ3) is 3.08. The molecule has 56 valence electrons. The van der Waals surface area contributed by atoms with E-state index in [1.165, 1.54) is 0 Å². The van der Waals surface area contributed by atoms with Gasteiger partial charge in [0.1, 0.15) is 0 Å². The number of carboxylic acids is 1. The van der Waals surface area contributed by atoms with E-state index in [0.717, 1.165) is 0 Å². The zero-order valence-corrected chi connectivity index (χ0v) is 6.16. The van der Waals surface area contributed by atoms with Crippen LogP contribution in [0.4, 0.5) is 0 Å². The molecule has 0 aliphatic rings. The van der Waals surface area contributed by atoms with Gasteiger partial charge in [0.15, 0.2) is 0 Å². The lowest BCUT2D eigenvalue weighted by molar-refractivity contribution is -0.137. The van der Waals surface area contributed by atoms with Crippen molar-refractivity contribution in [3.05, 3.63) is 0 Å². The van der Waals surface area contributed by atoms with Crippen LogP contribution in [0.1, 0.15) is 20.3 Å². The molecule has 0 heterocycles. The number of hydrogen-bond donors (Lipinski definition) is 1. The molecular weight excluding hydrogens is 130 g/mol. The van der Waals surface area contributed by atoms with Gasteiger partial charge in [-0.25, -0.2) is 0 Å². The van der Waals surface area contributed by atoms with Gasteiger partial charge in [0.25, 0.3) is 0 Å². The first-order valence-electron chi connectivity index (χ1n) is 3.19. The standard InChI is InChI=1S/C7H11NO2/c1-5(2)6(4-8)3-7(9)10/h5-6H,3H2,1-2H3,(H,9,10)/t6-/m0/s1.